The monoisotopic (exact) mass is 329 g/mol. The summed E-state index contributed by atoms with van der Waals surface area (Å²) in [6.45, 7) is 6.11. The van der Waals surface area contributed by atoms with E-state index in [-0.39, 0.29) is 6.04 Å². The van der Waals surface area contributed by atoms with Gasteiger partial charge in [-0.2, -0.15) is 0 Å². The largest absolute Gasteiger partial charge is 0.329 e. The molecule has 1 aliphatic rings. The zero-order chi connectivity index (χ0) is 15.4. The Hall–Kier alpha value is -0.320. The second-order valence-electron chi connectivity index (χ2n) is 5.87. The Morgan fingerprint density at radius 3 is 2.48 bits per heavy atom. The van der Waals surface area contributed by atoms with Crippen LogP contribution in [0.15, 0.2) is 18.2 Å². The minimum Gasteiger partial charge on any atom is -0.329 e. The van der Waals surface area contributed by atoms with Crippen molar-refractivity contribution < 1.29 is 0 Å². The molecule has 21 heavy (non-hydrogen) atoms. The van der Waals surface area contributed by atoms with E-state index >= 15 is 0 Å². The van der Waals surface area contributed by atoms with Gasteiger partial charge in [0.25, 0.3) is 0 Å². The van der Waals surface area contributed by atoms with Gasteiger partial charge in [-0.05, 0) is 50.2 Å². The summed E-state index contributed by atoms with van der Waals surface area (Å²) >= 11 is 12.3. The van der Waals surface area contributed by atoms with E-state index in [2.05, 4.69) is 23.8 Å². The van der Waals surface area contributed by atoms with Crippen LogP contribution in [0.4, 0.5) is 0 Å². The van der Waals surface area contributed by atoms with Crippen molar-refractivity contribution in [1.29, 1.82) is 0 Å². The number of hydrogen-bond donors (Lipinski definition) is 1. The molecule has 0 aromatic heterocycles. The zero-order valence-electron chi connectivity index (χ0n) is 12.9. The molecule has 5 heteroatoms. The molecule has 2 rings (SSSR count). The summed E-state index contributed by atoms with van der Waals surface area (Å²) in [5.74, 6) is 0. The fourth-order valence-electron chi connectivity index (χ4n) is 3.27. The Balaban J connectivity index is 2.29. The van der Waals surface area contributed by atoms with E-state index in [1.165, 1.54) is 0 Å². The van der Waals surface area contributed by atoms with Gasteiger partial charge in [-0.3, -0.25) is 4.90 Å². The molecule has 1 saturated heterocycles. The molecule has 0 saturated carbocycles. The maximum atomic E-state index is 6.16. The molecule has 1 aromatic rings. The summed E-state index contributed by atoms with van der Waals surface area (Å²) in [5.41, 5.74) is 7.22. The van der Waals surface area contributed by atoms with E-state index in [9.17, 15) is 0 Å². The Bertz CT molecular complexity index is 447. The van der Waals surface area contributed by atoms with Gasteiger partial charge in [-0.1, -0.05) is 30.1 Å². The molecule has 0 bridgehead atoms. The minimum absolute atomic E-state index is 0.178. The highest BCUT2D eigenvalue weighted by atomic mass is 35.5. The van der Waals surface area contributed by atoms with Gasteiger partial charge < -0.3 is 10.6 Å². The normalized spacial score (nSPS) is 23.0. The summed E-state index contributed by atoms with van der Waals surface area (Å²) < 4.78 is 0. The number of hydrogen-bond acceptors (Lipinski definition) is 3. The van der Waals surface area contributed by atoms with Gasteiger partial charge in [0, 0.05) is 41.8 Å². The first kappa shape index (κ1) is 17.0. The molecule has 118 valence electrons. The first-order valence-electron chi connectivity index (χ1n) is 7.65. The molecule has 2 N–H and O–H groups in total. The molecule has 2 unspecified atom stereocenters. The number of rotatable bonds is 4. The van der Waals surface area contributed by atoms with Crippen molar-refractivity contribution in [2.75, 3.05) is 33.2 Å². The summed E-state index contributed by atoms with van der Waals surface area (Å²) in [5, 5.41) is 1.35. The van der Waals surface area contributed by atoms with E-state index in [0.717, 1.165) is 38.0 Å². The lowest BCUT2D eigenvalue weighted by Gasteiger charge is -2.37. The van der Waals surface area contributed by atoms with Gasteiger partial charge in [-0.25, -0.2) is 0 Å². The van der Waals surface area contributed by atoms with Crippen LogP contribution in [-0.2, 0) is 0 Å². The van der Waals surface area contributed by atoms with E-state index < -0.39 is 0 Å². The van der Waals surface area contributed by atoms with Gasteiger partial charge >= 0.3 is 0 Å². The molecule has 1 heterocycles. The van der Waals surface area contributed by atoms with Gasteiger partial charge in [0.1, 0.15) is 0 Å². The van der Waals surface area contributed by atoms with E-state index in [1.54, 1.807) is 6.07 Å². The second-order valence-corrected chi connectivity index (χ2v) is 6.74. The molecule has 0 aliphatic carbocycles. The zero-order valence-corrected chi connectivity index (χ0v) is 14.4. The molecule has 3 nitrogen and oxygen atoms in total. The SMILES string of the molecule is CCC1CN(C)CCCN1C(CN)c1cc(Cl)cc(Cl)c1. The topological polar surface area (TPSA) is 32.5 Å². The highest BCUT2D eigenvalue weighted by molar-refractivity contribution is 6.34. The standard InChI is InChI=1S/C16H25Cl2N3/c1-3-15-11-20(2)5-4-6-21(15)16(10-19)12-7-13(17)9-14(18)8-12/h7-9,15-16H,3-6,10-11,19H2,1-2H3. The van der Waals surface area contributed by atoms with Crippen LogP contribution in [0.2, 0.25) is 10.0 Å². The van der Waals surface area contributed by atoms with Crippen molar-refractivity contribution in [3.8, 4) is 0 Å². The molecule has 2 atom stereocenters. The molecular formula is C16H25Cl2N3. The number of halogens is 2. The van der Waals surface area contributed by atoms with Crippen LogP contribution < -0.4 is 5.73 Å². The second kappa shape index (κ2) is 7.80. The third-order valence-electron chi connectivity index (χ3n) is 4.31. The summed E-state index contributed by atoms with van der Waals surface area (Å²) in [7, 11) is 2.19. The van der Waals surface area contributed by atoms with Gasteiger partial charge in [0.15, 0.2) is 0 Å². The third kappa shape index (κ3) is 4.33. The van der Waals surface area contributed by atoms with E-state index in [4.69, 9.17) is 28.9 Å². The minimum atomic E-state index is 0.178. The maximum absolute atomic E-state index is 6.16. The lowest BCUT2D eigenvalue weighted by molar-refractivity contribution is 0.131. The first-order chi connectivity index (χ1) is 10.0. The molecule has 1 fully saturated rings. The van der Waals surface area contributed by atoms with Crippen molar-refractivity contribution in [3.63, 3.8) is 0 Å². The lowest BCUT2D eigenvalue weighted by Crippen LogP contribution is -2.44. The smallest absolute Gasteiger partial charge is 0.0474 e. The van der Waals surface area contributed by atoms with E-state index in [1.807, 2.05) is 12.1 Å². The predicted molar refractivity (Wildman–Crippen MR) is 91.2 cm³/mol. The number of nitrogens with two attached hydrogens (primary N) is 1. The van der Waals surface area contributed by atoms with Crippen LogP contribution in [0.5, 0.6) is 0 Å². The van der Waals surface area contributed by atoms with Crippen LogP contribution in [0.25, 0.3) is 0 Å². The first-order valence-corrected chi connectivity index (χ1v) is 8.41. The van der Waals surface area contributed by atoms with Crippen LogP contribution in [0.3, 0.4) is 0 Å². The van der Waals surface area contributed by atoms with Crippen LogP contribution in [0.1, 0.15) is 31.4 Å². The number of benzene rings is 1. The fourth-order valence-corrected chi connectivity index (χ4v) is 3.81. The Kier molecular flexibility index (Phi) is 6.33. The molecule has 0 spiro atoms. The predicted octanol–water partition coefficient (Wildman–Crippen LogP) is 3.41. The lowest BCUT2D eigenvalue weighted by atomic mass is 10.0. The van der Waals surface area contributed by atoms with Gasteiger partial charge in [-0.15, -0.1) is 0 Å². The Morgan fingerprint density at radius 2 is 1.90 bits per heavy atom. The number of nitrogens with zero attached hydrogens (tertiary/aromatic N) is 2. The molecular weight excluding hydrogens is 305 g/mol. The Labute approximate surface area is 138 Å². The molecule has 1 aromatic carbocycles. The Morgan fingerprint density at radius 1 is 1.24 bits per heavy atom. The van der Waals surface area contributed by atoms with Crippen LogP contribution in [0, 0.1) is 0 Å². The van der Waals surface area contributed by atoms with Crippen LogP contribution >= 0.6 is 23.2 Å². The molecule has 1 aliphatic heterocycles. The van der Waals surface area contributed by atoms with Crippen molar-refractivity contribution >= 4 is 23.2 Å². The van der Waals surface area contributed by atoms with Crippen molar-refractivity contribution in [1.82, 2.24) is 9.80 Å². The van der Waals surface area contributed by atoms with Gasteiger partial charge in [0.2, 0.25) is 0 Å². The highest BCUT2D eigenvalue weighted by Gasteiger charge is 2.28. The summed E-state index contributed by atoms with van der Waals surface area (Å²) in [4.78, 5) is 4.94. The average Bonchev–Trinajstić information content (AvgIpc) is 2.60. The molecule has 0 radical (unpaired) electrons. The average molecular weight is 330 g/mol. The van der Waals surface area contributed by atoms with Crippen molar-refractivity contribution in [2.24, 2.45) is 5.73 Å². The van der Waals surface area contributed by atoms with Crippen molar-refractivity contribution in [3.05, 3.63) is 33.8 Å². The van der Waals surface area contributed by atoms with Gasteiger partial charge in [0.05, 0.1) is 0 Å². The summed E-state index contributed by atoms with van der Waals surface area (Å²) in [6, 6.07) is 6.45. The highest BCUT2D eigenvalue weighted by Crippen LogP contribution is 2.29. The number of likely N-dealkylation sites (N-methyl/N-ethyl adjacent to an activating group) is 1. The summed E-state index contributed by atoms with van der Waals surface area (Å²) in [6.07, 6.45) is 2.28. The fraction of sp³-hybridized carbons (Fsp3) is 0.625. The van der Waals surface area contributed by atoms with Crippen molar-refractivity contribution in [2.45, 2.75) is 31.8 Å². The molecule has 0 amide bonds. The van der Waals surface area contributed by atoms with E-state index in [0.29, 0.717) is 22.6 Å². The third-order valence-corrected chi connectivity index (χ3v) is 4.75. The van der Waals surface area contributed by atoms with Crippen LogP contribution in [-0.4, -0.2) is 49.1 Å². The quantitative estimate of drug-likeness (QED) is 0.918. The maximum Gasteiger partial charge on any atom is 0.0474 e.